The van der Waals surface area contributed by atoms with Crippen molar-refractivity contribution in [2.75, 3.05) is 18.3 Å². The lowest BCUT2D eigenvalue weighted by Gasteiger charge is -2.19. The van der Waals surface area contributed by atoms with Gasteiger partial charge in [-0.15, -0.1) is 0 Å². The lowest BCUT2D eigenvalue weighted by atomic mass is 9.90. The number of aliphatic hydroxyl groups excluding tert-OH is 2. The topological polar surface area (TPSA) is 76.3 Å². The maximum absolute atomic E-state index is 9.53. The molecule has 0 amide bonds. The van der Waals surface area contributed by atoms with Gasteiger partial charge in [-0.2, -0.15) is 0 Å². The Kier molecular flexibility index (Phi) is 7.83. The number of aliphatic hydroxyl groups is 2. The molecule has 0 aliphatic rings. The SMILES string of the molecule is Cc1cc(C=N)c(NPI)cc1C(CO)CCCO. The molecule has 4 nitrogen and oxygen atoms in total. The van der Waals surface area contributed by atoms with Crippen molar-refractivity contribution in [1.29, 1.82) is 5.41 Å². The van der Waals surface area contributed by atoms with Crippen LogP contribution < -0.4 is 5.09 Å². The van der Waals surface area contributed by atoms with E-state index in [0.717, 1.165) is 28.8 Å². The number of rotatable bonds is 8. The van der Waals surface area contributed by atoms with Crippen molar-refractivity contribution in [2.24, 2.45) is 0 Å². The minimum Gasteiger partial charge on any atom is -0.396 e. The molecule has 0 saturated carbocycles. The predicted molar refractivity (Wildman–Crippen MR) is 91.2 cm³/mol. The monoisotopic (exact) mass is 394 g/mol. The molecule has 19 heavy (non-hydrogen) atoms. The third kappa shape index (κ3) is 4.67. The Morgan fingerprint density at radius 3 is 2.74 bits per heavy atom. The van der Waals surface area contributed by atoms with E-state index in [4.69, 9.17) is 10.5 Å². The summed E-state index contributed by atoms with van der Waals surface area (Å²) in [6, 6.07) is 4.00. The molecule has 0 aromatic heterocycles. The van der Waals surface area contributed by atoms with E-state index in [9.17, 15) is 5.11 Å². The van der Waals surface area contributed by atoms with E-state index in [1.165, 1.54) is 6.21 Å². The van der Waals surface area contributed by atoms with Gasteiger partial charge in [0.25, 0.3) is 0 Å². The molecule has 2 atom stereocenters. The van der Waals surface area contributed by atoms with Crippen LogP contribution in [0, 0.1) is 12.3 Å². The molecule has 1 aromatic carbocycles. The Balaban J connectivity index is 3.10. The summed E-state index contributed by atoms with van der Waals surface area (Å²) in [7, 11) is 0. The van der Waals surface area contributed by atoms with Gasteiger partial charge in [-0.3, -0.25) is 0 Å². The highest BCUT2D eigenvalue weighted by Gasteiger charge is 2.15. The van der Waals surface area contributed by atoms with Crippen molar-refractivity contribution in [3.05, 3.63) is 28.8 Å². The molecule has 106 valence electrons. The first-order valence-electron chi connectivity index (χ1n) is 6.16. The first-order chi connectivity index (χ1) is 9.17. The highest BCUT2D eigenvalue weighted by Crippen LogP contribution is 2.32. The Bertz CT molecular complexity index is 429. The van der Waals surface area contributed by atoms with Gasteiger partial charge >= 0.3 is 0 Å². The first kappa shape index (κ1) is 16.8. The van der Waals surface area contributed by atoms with Crippen LogP contribution in [0.5, 0.6) is 0 Å². The van der Waals surface area contributed by atoms with Gasteiger partial charge in [0.1, 0.15) is 0 Å². The molecule has 4 N–H and O–H groups in total. The number of hydrogen-bond donors (Lipinski definition) is 4. The van der Waals surface area contributed by atoms with E-state index in [-0.39, 0.29) is 19.1 Å². The Hall–Kier alpha value is -0.230. The maximum atomic E-state index is 9.53. The van der Waals surface area contributed by atoms with Crippen molar-refractivity contribution >= 4 is 40.3 Å². The largest absolute Gasteiger partial charge is 0.396 e. The van der Waals surface area contributed by atoms with Gasteiger partial charge < -0.3 is 20.7 Å². The molecule has 2 unspecified atom stereocenters. The molecule has 0 heterocycles. The van der Waals surface area contributed by atoms with E-state index in [1.807, 2.05) is 19.1 Å². The van der Waals surface area contributed by atoms with Gasteiger partial charge in [-0.05, 0) is 65.1 Å². The summed E-state index contributed by atoms with van der Waals surface area (Å²) >= 11 is 2.25. The zero-order chi connectivity index (χ0) is 14.3. The van der Waals surface area contributed by atoms with Crippen LogP contribution in [0.15, 0.2) is 12.1 Å². The average Bonchev–Trinajstić information content (AvgIpc) is 2.42. The van der Waals surface area contributed by atoms with Gasteiger partial charge in [-0.25, -0.2) is 0 Å². The minimum atomic E-state index is 0.0463. The molecule has 0 spiro atoms. The Morgan fingerprint density at radius 2 is 2.21 bits per heavy atom. The number of nitrogens with one attached hydrogen (secondary N) is 2. The van der Waals surface area contributed by atoms with Crippen LogP contribution in [0.4, 0.5) is 5.69 Å². The quantitative estimate of drug-likeness (QED) is 0.311. The van der Waals surface area contributed by atoms with Crippen LogP contribution in [-0.2, 0) is 0 Å². The number of aryl methyl sites for hydroxylation is 1. The van der Waals surface area contributed by atoms with E-state index in [2.05, 4.69) is 27.1 Å². The zero-order valence-electron chi connectivity index (χ0n) is 10.9. The third-order valence-corrected chi connectivity index (χ3v) is 4.32. The van der Waals surface area contributed by atoms with Crippen LogP contribution in [0.25, 0.3) is 0 Å². The smallest absolute Gasteiger partial charge is 0.0499 e. The van der Waals surface area contributed by atoms with E-state index in [0.29, 0.717) is 12.8 Å². The van der Waals surface area contributed by atoms with Crippen molar-refractivity contribution in [3.8, 4) is 0 Å². The second-order valence-electron chi connectivity index (χ2n) is 4.41. The molecule has 1 aromatic rings. The van der Waals surface area contributed by atoms with Gasteiger partial charge in [0, 0.05) is 43.0 Å². The summed E-state index contributed by atoms with van der Waals surface area (Å²) in [5.74, 6) is 0.0463. The van der Waals surface area contributed by atoms with E-state index >= 15 is 0 Å². The average molecular weight is 394 g/mol. The van der Waals surface area contributed by atoms with Gasteiger partial charge in [-0.1, -0.05) is 0 Å². The van der Waals surface area contributed by atoms with Gasteiger partial charge in [0.15, 0.2) is 0 Å². The lowest BCUT2D eigenvalue weighted by Crippen LogP contribution is -2.08. The zero-order valence-corrected chi connectivity index (χ0v) is 14.1. The molecule has 0 saturated heterocycles. The van der Waals surface area contributed by atoms with Crippen molar-refractivity contribution in [2.45, 2.75) is 25.7 Å². The fraction of sp³-hybridized carbons (Fsp3) is 0.462. The van der Waals surface area contributed by atoms with Gasteiger partial charge in [0.2, 0.25) is 0 Å². The summed E-state index contributed by atoms with van der Waals surface area (Å²) in [6.45, 7) is 2.23. The van der Waals surface area contributed by atoms with Crippen LogP contribution in [0.1, 0.15) is 35.4 Å². The molecule has 1 rings (SSSR count). The second-order valence-corrected chi connectivity index (χ2v) is 6.46. The Labute approximate surface area is 128 Å². The highest BCUT2D eigenvalue weighted by molar-refractivity contribution is 14.2. The van der Waals surface area contributed by atoms with Crippen molar-refractivity contribution < 1.29 is 10.2 Å². The minimum absolute atomic E-state index is 0.0463. The fourth-order valence-electron chi connectivity index (χ4n) is 2.15. The second kappa shape index (κ2) is 8.84. The van der Waals surface area contributed by atoms with E-state index < -0.39 is 0 Å². The molecule has 0 fully saturated rings. The number of anilines is 1. The number of hydrogen-bond acceptors (Lipinski definition) is 4. The molecule has 0 bridgehead atoms. The number of benzene rings is 1. The molecule has 0 aliphatic carbocycles. The molecule has 6 heteroatoms. The molecule has 0 aliphatic heterocycles. The molecular weight excluding hydrogens is 374 g/mol. The van der Waals surface area contributed by atoms with Crippen molar-refractivity contribution in [1.82, 2.24) is 0 Å². The fourth-order valence-corrected chi connectivity index (χ4v) is 3.34. The van der Waals surface area contributed by atoms with Crippen LogP contribution in [0.2, 0.25) is 0 Å². The standard InChI is InChI=1S/C13H20IN2O2P/c1-9-5-11(7-15)13(16-19-14)6-12(9)10(8-18)3-2-4-17/h5-7,10,15-19H,2-4,8H2,1H3. The number of halogens is 1. The Morgan fingerprint density at radius 1 is 1.47 bits per heavy atom. The summed E-state index contributed by atoms with van der Waals surface area (Å²) in [4.78, 5) is 0. The normalized spacial score (nSPS) is 12.8. The molecular formula is C13H20IN2O2P. The lowest BCUT2D eigenvalue weighted by molar-refractivity contribution is 0.236. The summed E-state index contributed by atoms with van der Waals surface area (Å²) < 4.78 is 0. The highest BCUT2D eigenvalue weighted by atomic mass is 127. The van der Waals surface area contributed by atoms with Crippen LogP contribution in [-0.4, -0.2) is 29.6 Å². The third-order valence-electron chi connectivity index (χ3n) is 3.15. The van der Waals surface area contributed by atoms with Crippen molar-refractivity contribution in [3.63, 3.8) is 0 Å². The van der Waals surface area contributed by atoms with Gasteiger partial charge in [0.05, 0.1) is 0 Å². The summed E-state index contributed by atoms with van der Waals surface area (Å²) in [5, 5.41) is 29.2. The first-order valence-corrected chi connectivity index (χ1v) is 10.3. The summed E-state index contributed by atoms with van der Waals surface area (Å²) in [6.07, 6.45) is 3.34. The van der Waals surface area contributed by atoms with Crippen LogP contribution in [0.3, 0.4) is 0 Å². The molecule has 0 radical (unpaired) electrons. The van der Waals surface area contributed by atoms with E-state index in [1.54, 1.807) is 0 Å². The maximum Gasteiger partial charge on any atom is 0.0499 e. The summed E-state index contributed by atoms with van der Waals surface area (Å²) in [5.41, 5.74) is 3.98. The van der Waals surface area contributed by atoms with Crippen LogP contribution >= 0.6 is 28.4 Å². The predicted octanol–water partition coefficient (Wildman–Crippen LogP) is 3.20.